The number of anilines is 15. The molecule has 15 heteroatoms. The molecule has 0 radical (unpaired) electrons. The fraction of sp³-hybridized carbons (Fsp3) is 0.0299. The predicted octanol–water partition coefficient (Wildman–Crippen LogP) is 28.6. The molecule has 149 heavy (non-hydrogen) atoms. The zero-order valence-electron chi connectivity index (χ0n) is 82.3. The Labute approximate surface area is 874 Å². The Bertz CT molecular complexity index is 8990. The Hall–Kier alpha value is -18.1. The van der Waals surface area contributed by atoms with Gasteiger partial charge < -0.3 is 48.2 Å². The molecule has 0 fully saturated rings. The lowest BCUT2D eigenvalue weighted by molar-refractivity contribution is 0.466. The molecule has 0 spiro atoms. The fourth-order valence-electron chi connectivity index (χ4n) is 23.2. The van der Waals surface area contributed by atoms with Gasteiger partial charge in [0.2, 0.25) is 0 Å². The number of ether oxygens (including phenoxy) is 5. The molecule has 0 amide bonds. The van der Waals surface area contributed by atoms with Gasteiger partial charge in [-0.05, 0) is 304 Å². The van der Waals surface area contributed by atoms with Gasteiger partial charge in [-0.3, -0.25) is 0 Å². The average molecular weight is 1950 g/mol. The van der Waals surface area contributed by atoms with Crippen LogP contribution in [0.25, 0.3) is 33.0 Å². The van der Waals surface area contributed by atoms with Crippen molar-refractivity contribution in [3.8, 4) is 79.7 Å². The molecule has 10 nitrogen and oxygen atoms in total. The van der Waals surface area contributed by atoms with Crippen molar-refractivity contribution in [3.05, 3.63) is 526 Å². The number of rotatable bonds is 11. The second-order valence-corrected chi connectivity index (χ2v) is 43.3. The van der Waals surface area contributed by atoms with Crippen LogP contribution >= 0.6 is 6.04 Å². The first-order chi connectivity index (χ1) is 73.4. The van der Waals surface area contributed by atoms with Gasteiger partial charge in [0, 0.05) is 108 Å². The molecule has 22 aromatic carbocycles. The Balaban J connectivity index is 0.0000000988. The second-order valence-electron chi connectivity index (χ2n) is 39.0. The van der Waals surface area contributed by atoms with E-state index in [1.807, 2.05) is 42.5 Å². The summed E-state index contributed by atoms with van der Waals surface area (Å²) in [5.41, 5.74) is 38.1. The molecule has 1 unspecified atom stereocenters. The van der Waals surface area contributed by atoms with Crippen LogP contribution in [0.1, 0.15) is 22.3 Å². The van der Waals surface area contributed by atoms with E-state index in [0.29, 0.717) is 0 Å². The summed E-state index contributed by atoms with van der Waals surface area (Å²) < 4.78 is 32.7. The molecule has 1 atom stereocenters. The summed E-state index contributed by atoms with van der Waals surface area (Å²) in [6.45, 7) is 8.90. The molecular formula is C134H95B3N5O5PS. The first-order valence-electron chi connectivity index (χ1n) is 50.8. The van der Waals surface area contributed by atoms with Crippen molar-refractivity contribution in [1.29, 1.82) is 0 Å². The highest BCUT2D eigenvalue weighted by Crippen LogP contribution is 2.60. The van der Waals surface area contributed by atoms with Crippen LogP contribution in [0.15, 0.2) is 504 Å². The third-order valence-electron chi connectivity index (χ3n) is 29.9. The monoisotopic (exact) mass is 1950 g/mol. The van der Waals surface area contributed by atoms with E-state index in [9.17, 15) is 0 Å². The normalized spacial score (nSPS) is 13.7. The minimum Gasteiger partial charge on any atom is -0.458 e. The summed E-state index contributed by atoms with van der Waals surface area (Å²) in [5.74, 6) is 8.83. The molecule has 8 aliphatic heterocycles. The molecule has 22 aromatic rings. The summed E-state index contributed by atoms with van der Waals surface area (Å²) in [6, 6.07) is 176. The van der Waals surface area contributed by atoms with Crippen LogP contribution in [0.5, 0.6) is 57.5 Å². The highest BCUT2D eigenvalue weighted by molar-refractivity contribution is 8.26. The number of nitrogens with zero attached hydrogens (tertiary/aromatic N) is 5. The molecule has 30 rings (SSSR count). The molecule has 0 aromatic heterocycles. The molecule has 0 N–H and O–H groups in total. The maximum absolute atomic E-state index is 6.78. The van der Waals surface area contributed by atoms with Gasteiger partial charge in [0.15, 0.2) is 0 Å². The van der Waals surface area contributed by atoms with Gasteiger partial charge in [0.05, 0.1) is 11.3 Å². The summed E-state index contributed by atoms with van der Waals surface area (Å²) in [7, 11) is 0. The smallest absolute Gasteiger partial charge is 0.256 e. The maximum atomic E-state index is 6.78. The third kappa shape index (κ3) is 15.6. The van der Waals surface area contributed by atoms with Crippen molar-refractivity contribution < 1.29 is 23.7 Å². The lowest BCUT2D eigenvalue weighted by atomic mass is 9.34. The van der Waals surface area contributed by atoms with Crippen molar-refractivity contribution in [3.63, 3.8) is 0 Å². The highest BCUT2D eigenvalue weighted by atomic mass is 32.4. The summed E-state index contributed by atoms with van der Waals surface area (Å²) >= 11 is 6.52. The van der Waals surface area contributed by atoms with Crippen LogP contribution in [0.4, 0.5) is 85.3 Å². The minimum atomic E-state index is -2.28. The van der Waals surface area contributed by atoms with Crippen molar-refractivity contribution >= 4 is 199 Å². The van der Waals surface area contributed by atoms with E-state index in [1.165, 1.54) is 127 Å². The van der Waals surface area contributed by atoms with E-state index < -0.39 is 6.04 Å². The van der Waals surface area contributed by atoms with E-state index in [0.717, 1.165) is 136 Å². The van der Waals surface area contributed by atoms with Crippen molar-refractivity contribution in [2.24, 2.45) is 0 Å². The highest BCUT2D eigenvalue weighted by Gasteiger charge is 2.48. The molecule has 0 bridgehead atoms. The first-order valence-corrected chi connectivity index (χ1v) is 53.6. The SMILES string of the molecule is Cc1ccc(N2c3ccc(C)cc3B3c4ccc(-c5cccc6ccccc56)cc4Oc4cccc2c43)cc1.Cc1ccc(N2c3ccc(C)cc3B3c4ccc(N(c5ccccc5)c5ccccc5)cc4Oc4cccc2c43)cc1.S=P12c3ccccc3Oc3cccc(c31)Oc1ccc(-c3ccccc3)cc12.c1ccc(N(c2ccccc2)c2ccc3c(c2)Oc2cccc4c2B3c2ccccc2N4c2ccccc2)cc1. The Kier molecular flexibility index (Phi) is 22.4. The van der Waals surface area contributed by atoms with Gasteiger partial charge >= 0.3 is 0 Å². The van der Waals surface area contributed by atoms with Crippen molar-refractivity contribution in [2.75, 3.05) is 24.5 Å². The van der Waals surface area contributed by atoms with Crippen LogP contribution in [-0.2, 0) is 11.8 Å². The van der Waals surface area contributed by atoms with Gasteiger partial charge in [-0.15, -0.1) is 0 Å². The van der Waals surface area contributed by atoms with Gasteiger partial charge in [-0.2, -0.15) is 0 Å². The van der Waals surface area contributed by atoms with Crippen LogP contribution in [0, 0.1) is 27.7 Å². The number of para-hydroxylation sites is 7. The van der Waals surface area contributed by atoms with E-state index in [-0.39, 0.29) is 20.1 Å². The summed E-state index contributed by atoms with van der Waals surface area (Å²) in [5, 5.41) is 5.73. The number of benzene rings is 22. The fourth-order valence-corrected chi connectivity index (χ4v) is 27.7. The summed E-state index contributed by atoms with van der Waals surface area (Å²) in [6.07, 6.45) is 0. The molecule has 8 heterocycles. The van der Waals surface area contributed by atoms with Gasteiger partial charge in [0.25, 0.3) is 20.1 Å². The van der Waals surface area contributed by atoms with Gasteiger partial charge in [-0.1, -0.05) is 331 Å². The average Bonchev–Trinajstić information content (AvgIpc) is 0.690. The summed E-state index contributed by atoms with van der Waals surface area (Å²) in [4.78, 5) is 11.7. The minimum absolute atomic E-state index is 0.0764. The number of aryl methyl sites for hydroxylation is 4. The molecular weight excluding hydrogens is 1850 g/mol. The molecule has 706 valence electrons. The topological polar surface area (TPSA) is 62.4 Å². The Morgan fingerprint density at radius 1 is 0.215 bits per heavy atom. The second kappa shape index (κ2) is 37.2. The van der Waals surface area contributed by atoms with E-state index in [2.05, 4.69) is 513 Å². The maximum Gasteiger partial charge on any atom is 0.256 e. The third-order valence-corrected chi connectivity index (χ3v) is 34.8. The largest absolute Gasteiger partial charge is 0.458 e. The van der Waals surface area contributed by atoms with E-state index in [1.54, 1.807) is 0 Å². The zero-order chi connectivity index (χ0) is 99.5. The number of fused-ring (bicyclic) bond motifs is 17. The van der Waals surface area contributed by atoms with Crippen molar-refractivity contribution in [2.45, 2.75) is 27.7 Å². The molecule has 8 aliphatic rings. The van der Waals surface area contributed by atoms with Crippen LogP contribution in [-0.4, -0.2) is 20.1 Å². The number of hydrogen-bond acceptors (Lipinski definition) is 11. The van der Waals surface area contributed by atoms with Gasteiger partial charge in [0.1, 0.15) is 57.5 Å². The van der Waals surface area contributed by atoms with E-state index >= 15 is 0 Å². The first kappa shape index (κ1) is 89.8. The zero-order valence-corrected chi connectivity index (χ0v) is 84.0. The number of hydrogen-bond donors (Lipinski definition) is 0. The lowest BCUT2D eigenvalue weighted by Crippen LogP contribution is -2.59. The molecule has 0 saturated heterocycles. The predicted molar refractivity (Wildman–Crippen MR) is 626 cm³/mol. The van der Waals surface area contributed by atoms with Crippen LogP contribution in [0.3, 0.4) is 0 Å². The molecule has 0 aliphatic carbocycles. The van der Waals surface area contributed by atoms with Crippen LogP contribution in [0.2, 0.25) is 0 Å². The van der Waals surface area contributed by atoms with Crippen molar-refractivity contribution in [1.82, 2.24) is 0 Å². The molecule has 0 saturated carbocycles. The quantitative estimate of drug-likeness (QED) is 0.0919. The van der Waals surface area contributed by atoms with E-state index in [4.69, 9.17) is 35.5 Å². The Morgan fingerprint density at radius 2 is 0.570 bits per heavy atom. The lowest BCUT2D eigenvalue weighted by Gasteiger charge is -2.40. The van der Waals surface area contributed by atoms with Crippen LogP contribution < -0.4 is 113 Å². The standard InChI is InChI=1S/C38H29BN2O.C36H25BN2O.C36H26BNO.C24H15O2PS/c1-26-16-19-30(20-17-26)41-34-23-18-27(2)24-33(34)39-32-22-21-31(25-37(32)42-36-15-9-14-35(41)38(36)39)40(28-10-5-3-6-11-28)29-12-7-4-8-13-29;1-4-13-26(14-5-1)38(27-15-6-2-7-16-27)29-23-24-31-35(25-29)40-34-22-12-21-33-36(34)37(31)30-19-10-11-20-32(30)39(33)28-17-8-3-9-18-28;1-23-13-17-27(18-14-23)38-32-20-15-24(2)21-31(32)37-30-19-16-26(29-10-5-8-25-7-3-4-9-28(25)29)22-35(30)39-34-12-6-11-33(38)36(34)37;28-27-22-12-5-4-9-18(22)25-20-10-6-11-21(24(20)27)26-19-14-13-17(15-23(19)27)16-7-2-1-3-8-16/h3-25H,1-2H3;1-25H;3-22H,1-2H3;1-15H. The van der Waals surface area contributed by atoms with Gasteiger partial charge in [-0.25, -0.2) is 0 Å². The Morgan fingerprint density at radius 3 is 1.08 bits per heavy atom.